The van der Waals surface area contributed by atoms with E-state index in [9.17, 15) is 14.4 Å². The van der Waals surface area contributed by atoms with Gasteiger partial charge in [0.05, 0.1) is 31.3 Å². The first kappa shape index (κ1) is 22.5. The van der Waals surface area contributed by atoms with Crippen molar-refractivity contribution in [3.05, 3.63) is 77.4 Å². The number of urea groups is 1. The molecular weight excluding hydrogens is 410 g/mol. The summed E-state index contributed by atoms with van der Waals surface area (Å²) >= 11 is 0. The monoisotopic (exact) mass is 435 g/mol. The predicted octanol–water partition coefficient (Wildman–Crippen LogP) is 3.24. The average Bonchev–Trinajstić information content (AvgIpc) is 3.22. The second-order valence-corrected chi connectivity index (χ2v) is 7.29. The molecule has 0 fully saturated rings. The van der Waals surface area contributed by atoms with Gasteiger partial charge in [0.15, 0.2) is 0 Å². The van der Waals surface area contributed by atoms with Gasteiger partial charge in [0, 0.05) is 17.8 Å². The van der Waals surface area contributed by atoms with Crippen LogP contribution in [0.3, 0.4) is 0 Å². The number of rotatable bonds is 9. The van der Waals surface area contributed by atoms with Crippen molar-refractivity contribution in [2.45, 2.75) is 32.7 Å². The molecule has 3 amide bonds. The minimum absolute atomic E-state index is 0.00226. The zero-order valence-corrected chi connectivity index (χ0v) is 17.6. The van der Waals surface area contributed by atoms with E-state index >= 15 is 0 Å². The zero-order valence-electron chi connectivity index (χ0n) is 17.6. The molecule has 9 heteroatoms. The lowest BCUT2D eigenvalue weighted by atomic mass is 10.1. The van der Waals surface area contributed by atoms with Crippen LogP contribution in [0.15, 0.2) is 54.7 Å². The molecule has 1 heterocycles. The Bertz CT molecular complexity index is 1090. The van der Waals surface area contributed by atoms with Gasteiger partial charge in [-0.15, -0.1) is 0 Å². The van der Waals surface area contributed by atoms with Crippen LogP contribution in [0.5, 0.6) is 0 Å². The Labute approximate surface area is 185 Å². The molecule has 0 aliphatic heterocycles. The van der Waals surface area contributed by atoms with E-state index in [1.807, 2.05) is 31.2 Å². The Morgan fingerprint density at radius 3 is 2.50 bits per heavy atom. The molecule has 2 aromatic carbocycles. The maximum Gasteiger partial charge on any atom is 0.323 e. The maximum atomic E-state index is 12.2. The number of carboxylic acids is 1. The molecule has 9 nitrogen and oxygen atoms in total. The van der Waals surface area contributed by atoms with E-state index in [0.29, 0.717) is 23.6 Å². The van der Waals surface area contributed by atoms with Crippen LogP contribution in [0.2, 0.25) is 0 Å². The van der Waals surface area contributed by atoms with Crippen LogP contribution in [0.1, 0.15) is 29.1 Å². The molecule has 0 saturated carbocycles. The third kappa shape index (κ3) is 6.98. The van der Waals surface area contributed by atoms with Crippen LogP contribution >= 0.6 is 0 Å². The fourth-order valence-electron chi connectivity index (χ4n) is 2.99. The molecule has 3 rings (SSSR count). The van der Waals surface area contributed by atoms with Crippen molar-refractivity contribution in [3.8, 4) is 0 Å². The van der Waals surface area contributed by atoms with Gasteiger partial charge in [-0.2, -0.15) is 0 Å². The Kier molecular flexibility index (Phi) is 7.58. The molecule has 5 N–H and O–H groups in total. The number of H-pyrrole nitrogens is 1. The number of imidazole rings is 1. The molecule has 0 bridgehead atoms. The largest absolute Gasteiger partial charge is 0.481 e. The summed E-state index contributed by atoms with van der Waals surface area (Å²) in [5.74, 6) is -0.472. The van der Waals surface area contributed by atoms with Crippen molar-refractivity contribution in [3.63, 3.8) is 0 Å². The second kappa shape index (κ2) is 10.8. The Balaban J connectivity index is 1.43. The molecule has 0 radical (unpaired) electrons. The number of nitrogens with zero attached hydrogens (tertiary/aromatic N) is 1. The highest BCUT2D eigenvalue weighted by atomic mass is 16.4. The van der Waals surface area contributed by atoms with Crippen LogP contribution in [0, 0.1) is 6.92 Å². The average molecular weight is 435 g/mol. The fourth-order valence-corrected chi connectivity index (χ4v) is 2.99. The van der Waals surface area contributed by atoms with Crippen LogP contribution in [0.4, 0.5) is 16.2 Å². The summed E-state index contributed by atoms with van der Waals surface area (Å²) in [7, 11) is 0. The van der Waals surface area contributed by atoms with Crippen molar-refractivity contribution in [1.29, 1.82) is 0 Å². The maximum absolute atomic E-state index is 12.2. The number of aliphatic carboxylic acids is 1. The Morgan fingerprint density at radius 2 is 1.78 bits per heavy atom. The van der Waals surface area contributed by atoms with Gasteiger partial charge in [0.25, 0.3) is 0 Å². The summed E-state index contributed by atoms with van der Waals surface area (Å²) in [6.07, 6.45) is 2.08. The van der Waals surface area contributed by atoms with Crippen LogP contribution in [0.25, 0.3) is 0 Å². The number of aryl methyl sites for hydroxylation is 2. The molecule has 0 unspecified atom stereocenters. The molecular formula is C23H25N5O4. The molecule has 3 aromatic rings. The molecule has 0 atom stereocenters. The molecule has 0 spiro atoms. The summed E-state index contributed by atoms with van der Waals surface area (Å²) in [4.78, 5) is 42.1. The normalized spacial score (nSPS) is 10.4. The van der Waals surface area contributed by atoms with E-state index < -0.39 is 5.97 Å². The number of aromatic amines is 1. The highest BCUT2D eigenvalue weighted by Crippen LogP contribution is 2.15. The number of anilines is 2. The first-order valence-electron chi connectivity index (χ1n) is 10.1. The molecule has 166 valence electrons. The lowest BCUT2D eigenvalue weighted by Gasteiger charge is -2.10. The number of aromatic nitrogens is 2. The Hall–Kier alpha value is -4.14. The third-order valence-corrected chi connectivity index (χ3v) is 4.70. The van der Waals surface area contributed by atoms with Gasteiger partial charge in [0.2, 0.25) is 5.91 Å². The minimum Gasteiger partial charge on any atom is -0.481 e. The van der Waals surface area contributed by atoms with Crippen molar-refractivity contribution in [2.75, 3.05) is 10.6 Å². The van der Waals surface area contributed by atoms with Crippen LogP contribution in [-0.2, 0) is 29.0 Å². The van der Waals surface area contributed by atoms with E-state index in [-0.39, 0.29) is 31.3 Å². The van der Waals surface area contributed by atoms with Crippen molar-refractivity contribution in [2.24, 2.45) is 0 Å². The van der Waals surface area contributed by atoms with Crippen molar-refractivity contribution in [1.82, 2.24) is 15.3 Å². The Morgan fingerprint density at radius 1 is 1.03 bits per heavy atom. The summed E-state index contributed by atoms with van der Waals surface area (Å²) in [6.45, 7) is 2.19. The number of nitrogens with one attached hydrogen (secondary N) is 4. The van der Waals surface area contributed by atoms with Gasteiger partial charge < -0.3 is 26.0 Å². The van der Waals surface area contributed by atoms with E-state index in [4.69, 9.17) is 5.11 Å². The summed E-state index contributed by atoms with van der Waals surface area (Å²) in [6, 6.07) is 14.2. The topological polar surface area (TPSA) is 136 Å². The summed E-state index contributed by atoms with van der Waals surface area (Å²) in [5.41, 5.74) is 3.84. The van der Waals surface area contributed by atoms with Crippen LogP contribution in [-0.4, -0.2) is 33.0 Å². The summed E-state index contributed by atoms with van der Waals surface area (Å²) < 4.78 is 0. The summed E-state index contributed by atoms with van der Waals surface area (Å²) in [5, 5.41) is 17.1. The SMILES string of the molecule is Cc1ccccc1NC(=O)Nc1ccc(CC(=O)NCc2cnc(CCC(=O)O)[nH]2)cc1. The van der Waals surface area contributed by atoms with Crippen molar-refractivity contribution < 1.29 is 19.5 Å². The number of amides is 3. The first-order valence-corrected chi connectivity index (χ1v) is 10.1. The molecule has 0 aliphatic rings. The van der Waals surface area contributed by atoms with E-state index in [1.54, 1.807) is 30.5 Å². The zero-order chi connectivity index (χ0) is 22.9. The highest BCUT2D eigenvalue weighted by molar-refractivity contribution is 6.00. The van der Waals surface area contributed by atoms with Gasteiger partial charge in [-0.1, -0.05) is 30.3 Å². The van der Waals surface area contributed by atoms with Gasteiger partial charge in [-0.25, -0.2) is 9.78 Å². The standard InChI is InChI=1S/C23H25N5O4/c1-15-4-2-3-5-19(15)28-23(32)27-17-8-6-16(7-9-17)12-21(29)25-14-18-13-24-20(26-18)10-11-22(30)31/h2-9,13H,10-12,14H2,1H3,(H,24,26)(H,25,29)(H,30,31)(H2,27,28,32). The molecule has 0 aliphatic carbocycles. The minimum atomic E-state index is -0.885. The number of benzene rings is 2. The molecule has 0 saturated heterocycles. The van der Waals surface area contributed by atoms with Gasteiger partial charge in [-0.05, 0) is 36.2 Å². The van der Waals surface area contributed by atoms with E-state index in [0.717, 1.165) is 16.8 Å². The lowest BCUT2D eigenvalue weighted by Crippen LogP contribution is -2.24. The quantitative estimate of drug-likeness (QED) is 0.351. The van der Waals surface area contributed by atoms with Gasteiger partial charge >= 0.3 is 12.0 Å². The first-order chi connectivity index (χ1) is 15.4. The lowest BCUT2D eigenvalue weighted by molar-refractivity contribution is -0.137. The second-order valence-electron chi connectivity index (χ2n) is 7.29. The number of para-hydroxylation sites is 1. The van der Waals surface area contributed by atoms with Gasteiger partial charge in [0.1, 0.15) is 5.82 Å². The van der Waals surface area contributed by atoms with Crippen LogP contribution < -0.4 is 16.0 Å². The van der Waals surface area contributed by atoms with Gasteiger partial charge in [-0.3, -0.25) is 9.59 Å². The number of carbonyl (C=O) groups is 3. The third-order valence-electron chi connectivity index (χ3n) is 4.70. The highest BCUT2D eigenvalue weighted by Gasteiger charge is 2.08. The molecule has 32 heavy (non-hydrogen) atoms. The fraction of sp³-hybridized carbons (Fsp3) is 0.217. The van der Waals surface area contributed by atoms with E-state index in [1.165, 1.54) is 0 Å². The molecule has 1 aromatic heterocycles. The van der Waals surface area contributed by atoms with Crippen molar-refractivity contribution >= 4 is 29.3 Å². The smallest absolute Gasteiger partial charge is 0.323 e. The number of hydrogen-bond donors (Lipinski definition) is 5. The predicted molar refractivity (Wildman–Crippen MR) is 120 cm³/mol. The number of carboxylic acid groups (broad SMARTS) is 1. The van der Waals surface area contributed by atoms with E-state index in [2.05, 4.69) is 25.9 Å². The number of hydrogen-bond acceptors (Lipinski definition) is 4. The number of carbonyl (C=O) groups excluding carboxylic acids is 2.